The van der Waals surface area contributed by atoms with Gasteiger partial charge in [0.25, 0.3) is 0 Å². The Morgan fingerprint density at radius 2 is 2.00 bits per heavy atom. The van der Waals surface area contributed by atoms with Gasteiger partial charge in [-0.2, -0.15) is 0 Å². The second-order valence-corrected chi connectivity index (χ2v) is 9.92. The lowest BCUT2D eigenvalue weighted by molar-refractivity contribution is 0.0200. The standard InChI is InChI=1S/C18H29ClN4O3S2/c1-20-18(21-9-12-27-17-7-5-15(19)6-8-17)22-10-13-28(24,25)23-14-16-4-2-3-11-26-16/h5-8,16,23H,2-4,9-14H2,1H3,(H2,20,21,22). The van der Waals surface area contributed by atoms with Crippen molar-refractivity contribution in [3.05, 3.63) is 29.3 Å². The van der Waals surface area contributed by atoms with Crippen LogP contribution in [0, 0.1) is 0 Å². The van der Waals surface area contributed by atoms with E-state index in [4.69, 9.17) is 16.3 Å². The van der Waals surface area contributed by atoms with Gasteiger partial charge in [0.15, 0.2) is 5.96 Å². The lowest BCUT2D eigenvalue weighted by Crippen LogP contribution is -2.43. The van der Waals surface area contributed by atoms with Crippen molar-refractivity contribution in [2.75, 3.05) is 44.8 Å². The van der Waals surface area contributed by atoms with E-state index in [1.165, 1.54) is 0 Å². The highest BCUT2D eigenvalue weighted by molar-refractivity contribution is 7.99. The fourth-order valence-corrected chi connectivity index (χ4v) is 4.50. The molecule has 0 spiro atoms. The molecule has 0 aliphatic carbocycles. The first-order chi connectivity index (χ1) is 13.5. The topological polar surface area (TPSA) is 91.8 Å². The number of guanidine groups is 1. The summed E-state index contributed by atoms with van der Waals surface area (Å²) in [6, 6.07) is 7.70. The van der Waals surface area contributed by atoms with Crippen molar-refractivity contribution >= 4 is 39.3 Å². The summed E-state index contributed by atoms with van der Waals surface area (Å²) in [7, 11) is -1.68. The third-order valence-corrected chi connectivity index (χ3v) is 6.78. The van der Waals surface area contributed by atoms with Crippen LogP contribution in [0.1, 0.15) is 19.3 Å². The molecule has 3 N–H and O–H groups in total. The Labute approximate surface area is 177 Å². The third kappa shape index (κ3) is 9.47. The van der Waals surface area contributed by atoms with Crippen LogP contribution in [0.15, 0.2) is 34.2 Å². The average molecular weight is 449 g/mol. The van der Waals surface area contributed by atoms with E-state index in [0.717, 1.165) is 34.9 Å². The maximum Gasteiger partial charge on any atom is 0.213 e. The van der Waals surface area contributed by atoms with Crippen LogP contribution in [-0.4, -0.2) is 65.3 Å². The molecule has 1 saturated heterocycles. The minimum atomic E-state index is -3.34. The van der Waals surface area contributed by atoms with Gasteiger partial charge >= 0.3 is 0 Å². The summed E-state index contributed by atoms with van der Waals surface area (Å²) in [5.41, 5.74) is 0. The Kier molecular flexibility index (Phi) is 10.4. The Balaban J connectivity index is 1.59. The van der Waals surface area contributed by atoms with Crippen LogP contribution >= 0.6 is 23.4 Å². The summed E-state index contributed by atoms with van der Waals surface area (Å²) in [6.45, 7) is 2.05. The van der Waals surface area contributed by atoms with Crippen LogP contribution in [0.25, 0.3) is 0 Å². The largest absolute Gasteiger partial charge is 0.377 e. The first-order valence-corrected chi connectivity index (χ1v) is 12.4. The molecule has 1 atom stereocenters. The molecule has 28 heavy (non-hydrogen) atoms. The number of nitrogens with zero attached hydrogens (tertiary/aromatic N) is 1. The second-order valence-electron chi connectivity index (χ2n) is 6.38. The van der Waals surface area contributed by atoms with Gasteiger partial charge in [-0.05, 0) is 43.5 Å². The molecule has 1 aromatic carbocycles. The Morgan fingerprint density at radius 1 is 1.25 bits per heavy atom. The summed E-state index contributed by atoms with van der Waals surface area (Å²) < 4.78 is 32.4. The van der Waals surface area contributed by atoms with Gasteiger partial charge in [0.1, 0.15) is 0 Å². The molecule has 1 fully saturated rings. The van der Waals surface area contributed by atoms with Gasteiger partial charge in [0.05, 0.1) is 11.9 Å². The number of thioether (sulfide) groups is 1. The molecule has 0 bridgehead atoms. The van der Waals surface area contributed by atoms with E-state index in [2.05, 4.69) is 20.3 Å². The monoisotopic (exact) mass is 448 g/mol. The molecule has 0 amide bonds. The summed E-state index contributed by atoms with van der Waals surface area (Å²) in [5.74, 6) is 1.42. The number of halogens is 1. The SMILES string of the molecule is CN=C(NCCSc1ccc(Cl)cc1)NCCS(=O)(=O)NCC1CCCCO1. The van der Waals surface area contributed by atoms with Gasteiger partial charge < -0.3 is 15.4 Å². The molecule has 1 heterocycles. The highest BCUT2D eigenvalue weighted by Gasteiger charge is 2.17. The van der Waals surface area contributed by atoms with Gasteiger partial charge in [0.2, 0.25) is 10.0 Å². The van der Waals surface area contributed by atoms with Crippen LogP contribution in [0.3, 0.4) is 0 Å². The van der Waals surface area contributed by atoms with E-state index in [0.29, 0.717) is 25.7 Å². The highest BCUT2D eigenvalue weighted by Crippen LogP contribution is 2.19. The first kappa shape index (κ1) is 23.3. The Bertz CT molecular complexity index is 708. The molecule has 2 rings (SSSR count). The zero-order chi connectivity index (χ0) is 20.2. The molecule has 1 aliphatic heterocycles. The summed E-state index contributed by atoms with van der Waals surface area (Å²) >= 11 is 7.58. The molecule has 1 unspecified atom stereocenters. The van der Waals surface area contributed by atoms with Gasteiger partial charge in [-0.25, -0.2) is 13.1 Å². The minimum Gasteiger partial charge on any atom is -0.377 e. The molecule has 0 saturated carbocycles. The van der Waals surface area contributed by atoms with E-state index in [9.17, 15) is 8.42 Å². The maximum absolute atomic E-state index is 12.1. The van der Waals surface area contributed by atoms with Crippen molar-refractivity contribution in [2.24, 2.45) is 4.99 Å². The zero-order valence-electron chi connectivity index (χ0n) is 16.1. The minimum absolute atomic E-state index is 0.0101. The molecular formula is C18H29ClN4O3S2. The summed E-state index contributed by atoms with van der Waals surface area (Å²) in [5, 5.41) is 6.93. The molecule has 1 aliphatic rings. The number of hydrogen-bond donors (Lipinski definition) is 3. The Morgan fingerprint density at radius 3 is 2.68 bits per heavy atom. The quantitative estimate of drug-likeness (QED) is 0.220. The maximum atomic E-state index is 12.1. The zero-order valence-corrected chi connectivity index (χ0v) is 18.5. The van der Waals surface area contributed by atoms with Crippen LogP contribution in [0.4, 0.5) is 0 Å². The van der Waals surface area contributed by atoms with Gasteiger partial charge in [-0.1, -0.05) is 11.6 Å². The second kappa shape index (κ2) is 12.5. The normalized spacial score (nSPS) is 18.1. The van der Waals surface area contributed by atoms with Crippen molar-refractivity contribution in [3.8, 4) is 0 Å². The number of sulfonamides is 1. The smallest absolute Gasteiger partial charge is 0.213 e. The van der Waals surface area contributed by atoms with Crippen LogP contribution in [-0.2, 0) is 14.8 Å². The van der Waals surface area contributed by atoms with Crippen molar-refractivity contribution in [1.29, 1.82) is 0 Å². The van der Waals surface area contributed by atoms with E-state index < -0.39 is 10.0 Å². The molecule has 1 aromatic rings. The Hall–Kier alpha value is -1.00. The molecular weight excluding hydrogens is 420 g/mol. The van der Waals surface area contributed by atoms with Gasteiger partial charge in [-0.15, -0.1) is 11.8 Å². The summed E-state index contributed by atoms with van der Waals surface area (Å²) in [4.78, 5) is 5.26. The number of aliphatic imine (C=N–C) groups is 1. The number of hydrogen-bond acceptors (Lipinski definition) is 5. The van der Waals surface area contributed by atoms with Crippen LogP contribution in [0.2, 0.25) is 5.02 Å². The number of rotatable bonds is 10. The predicted molar refractivity (Wildman–Crippen MR) is 117 cm³/mol. The molecule has 158 valence electrons. The number of benzene rings is 1. The lowest BCUT2D eigenvalue weighted by atomic mass is 10.1. The van der Waals surface area contributed by atoms with Crippen LogP contribution in [0.5, 0.6) is 0 Å². The molecule has 7 nitrogen and oxygen atoms in total. The lowest BCUT2D eigenvalue weighted by Gasteiger charge is -2.22. The number of nitrogens with one attached hydrogen (secondary N) is 3. The fraction of sp³-hybridized carbons (Fsp3) is 0.611. The summed E-state index contributed by atoms with van der Waals surface area (Å²) in [6.07, 6.45) is 3.04. The molecule has 0 aromatic heterocycles. The van der Waals surface area contributed by atoms with E-state index in [-0.39, 0.29) is 18.4 Å². The van der Waals surface area contributed by atoms with Crippen molar-refractivity contribution < 1.29 is 13.2 Å². The molecule has 10 heteroatoms. The fourth-order valence-electron chi connectivity index (χ4n) is 2.65. The molecule has 0 radical (unpaired) electrons. The third-order valence-electron chi connectivity index (χ3n) is 4.17. The van der Waals surface area contributed by atoms with Gasteiger partial charge in [-0.3, -0.25) is 4.99 Å². The first-order valence-electron chi connectivity index (χ1n) is 9.40. The van der Waals surface area contributed by atoms with E-state index in [1.807, 2.05) is 24.3 Å². The van der Waals surface area contributed by atoms with E-state index in [1.54, 1.807) is 18.8 Å². The highest BCUT2D eigenvalue weighted by atomic mass is 35.5. The van der Waals surface area contributed by atoms with Crippen molar-refractivity contribution in [3.63, 3.8) is 0 Å². The number of ether oxygens (including phenoxy) is 1. The van der Waals surface area contributed by atoms with Crippen molar-refractivity contribution in [1.82, 2.24) is 15.4 Å². The van der Waals surface area contributed by atoms with Crippen LogP contribution < -0.4 is 15.4 Å². The van der Waals surface area contributed by atoms with Crippen molar-refractivity contribution in [2.45, 2.75) is 30.3 Å². The van der Waals surface area contributed by atoms with E-state index >= 15 is 0 Å². The predicted octanol–water partition coefficient (Wildman–Crippen LogP) is 2.09. The average Bonchev–Trinajstić information content (AvgIpc) is 2.70. The van der Waals surface area contributed by atoms with Gasteiger partial charge in [0, 0.05) is 49.0 Å².